The van der Waals surface area contributed by atoms with Gasteiger partial charge in [-0.2, -0.15) is 5.10 Å². The van der Waals surface area contributed by atoms with E-state index in [9.17, 15) is 4.79 Å². The summed E-state index contributed by atoms with van der Waals surface area (Å²) in [6, 6.07) is 6.75. The summed E-state index contributed by atoms with van der Waals surface area (Å²) >= 11 is 13.1. The van der Waals surface area contributed by atoms with Crippen molar-refractivity contribution in [2.45, 2.75) is 19.0 Å². The molecule has 11 heteroatoms. The lowest BCUT2D eigenvalue weighted by atomic mass is 10.3. The molecule has 26 heavy (non-hydrogen) atoms. The van der Waals surface area contributed by atoms with Crippen LogP contribution in [0.4, 0.5) is 5.69 Å². The zero-order valence-electron chi connectivity index (χ0n) is 13.9. The first-order valence-corrected chi connectivity index (χ1v) is 9.21. The van der Waals surface area contributed by atoms with E-state index in [0.29, 0.717) is 26.8 Å². The molecule has 0 atom stereocenters. The van der Waals surface area contributed by atoms with Gasteiger partial charge in [0.2, 0.25) is 11.1 Å². The van der Waals surface area contributed by atoms with E-state index in [-0.39, 0.29) is 11.7 Å². The van der Waals surface area contributed by atoms with Crippen LogP contribution in [0.2, 0.25) is 10.0 Å². The topological polar surface area (TPSA) is 104 Å². The number of aromatic nitrogens is 5. The van der Waals surface area contributed by atoms with Crippen LogP contribution in [-0.4, -0.2) is 36.3 Å². The Morgan fingerprint density at radius 2 is 2.04 bits per heavy atom. The summed E-state index contributed by atoms with van der Waals surface area (Å²) in [6.45, 7) is 3.77. The Hall–Kier alpha value is -2.23. The SMILES string of the molecule is Cc1cc(C)n(-c2nnc(SCC(=O)Nc3cc(Cl)ccc3Cl)n2N)n1. The first kappa shape index (κ1) is 18.6. The van der Waals surface area contributed by atoms with Crippen molar-refractivity contribution in [2.24, 2.45) is 0 Å². The van der Waals surface area contributed by atoms with E-state index >= 15 is 0 Å². The van der Waals surface area contributed by atoms with E-state index in [2.05, 4.69) is 20.6 Å². The summed E-state index contributed by atoms with van der Waals surface area (Å²) in [5.74, 6) is 6.22. The molecular formula is C15H15Cl2N7OS. The minimum absolute atomic E-state index is 0.0787. The Bertz CT molecular complexity index is 969. The fourth-order valence-electron chi connectivity index (χ4n) is 2.25. The van der Waals surface area contributed by atoms with Gasteiger partial charge in [-0.05, 0) is 38.1 Å². The molecule has 0 aliphatic carbocycles. The average molecular weight is 412 g/mol. The third-order valence-electron chi connectivity index (χ3n) is 3.38. The standard InChI is InChI=1S/C15H15Cl2N7OS/c1-8-5-9(2)24(22-8)14-20-21-15(23(14)18)26-7-13(25)19-12-6-10(16)3-4-11(12)17/h3-6H,7,18H2,1-2H3,(H,19,25). The summed E-state index contributed by atoms with van der Waals surface area (Å²) < 4.78 is 2.89. The van der Waals surface area contributed by atoms with Gasteiger partial charge in [0.1, 0.15) is 0 Å². The van der Waals surface area contributed by atoms with Crippen LogP contribution in [-0.2, 0) is 4.79 Å². The van der Waals surface area contributed by atoms with Crippen LogP contribution in [0.15, 0.2) is 29.4 Å². The van der Waals surface area contributed by atoms with Crippen LogP contribution in [0, 0.1) is 13.8 Å². The van der Waals surface area contributed by atoms with Crippen molar-refractivity contribution >= 4 is 46.6 Å². The van der Waals surface area contributed by atoms with Crippen LogP contribution in [0.5, 0.6) is 0 Å². The Balaban J connectivity index is 1.68. The number of amides is 1. The van der Waals surface area contributed by atoms with Crippen LogP contribution in [0.1, 0.15) is 11.4 Å². The molecule has 0 fully saturated rings. The van der Waals surface area contributed by atoms with Crippen LogP contribution in [0.3, 0.4) is 0 Å². The highest BCUT2D eigenvalue weighted by Gasteiger charge is 2.16. The minimum atomic E-state index is -0.269. The predicted octanol–water partition coefficient (Wildman–Crippen LogP) is 2.83. The number of nitrogens with zero attached hydrogens (tertiary/aromatic N) is 5. The quantitative estimate of drug-likeness (QED) is 0.494. The molecule has 2 aromatic heterocycles. The zero-order valence-corrected chi connectivity index (χ0v) is 16.2. The maximum absolute atomic E-state index is 12.1. The van der Waals surface area contributed by atoms with Crippen molar-refractivity contribution < 1.29 is 4.79 Å². The molecule has 0 spiro atoms. The number of nitrogens with two attached hydrogens (primary N) is 1. The summed E-state index contributed by atoms with van der Waals surface area (Å²) in [5, 5.41) is 16.4. The highest BCUT2D eigenvalue weighted by atomic mass is 35.5. The number of nitrogen functional groups attached to an aromatic ring is 1. The van der Waals surface area contributed by atoms with Gasteiger partial charge in [-0.3, -0.25) is 4.79 Å². The first-order chi connectivity index (χ1) is 12.3. The molecule has 0 saturated heterocycles. The number of benzene rings is 1. The molecule has 0 bridgehead atoms. The average Bonchev–Trinajstić information content (AvgIpc) is 3.10. The largest absolute Gasteiger partial charge is 0.334 e. The van der Waals surface area contributed by atoms with Crippen molar-refractivity contribution in [1.82, 2.24) is 24.7 Å². The monoisotopic (exact) mass is 411 g/mol. The van der Waals surface area contributed by atoms with Gasteiger partial charge in [-0.1, -0.05) is 35.0 Å². The fraction of sp³-hybridized carbons (Fsp3) is 0.200. The first-order valence-electron chi connectivity index (χ1n) is 7.47. The number of carbonyl (C=O) groups is 1. The number of hydrogen-bond acceptors (Lipinski definition) is 6. The number of anilines is 1. The number of thioether (sulfide) groups is 1. The van der Waals surface area contributed by atoms with Crippen molar-refractivity contribution in [3.8, 4) is 5.95 Å². The highest BCUT2D eigenvalue weighted by Crippen LogP contribution is 2.26. The van der Waals surface area contributed by atoms with E-state index in [1.807, 2.05) is 19.9 Å². The maximum atomic E-state index is 12.1. The molecular weight excluding hydrogens is 397 g/mol. The van der Waals surface area contributed by atoms with Gasteiger partial charge in [0, 0.05) is 10.7 Å². The molecule has 0 aliphatic heterocycles. The van der Waals surface area contributed by atoms with Gasteiger partial charge in [-0.15, -0.1) is 10.2 Å². The second-order valence-electron chi connectivity index (χ2n) is 5.45. The molecule has 3 aromatic rings. The normalized spacial score (nSPS) is 10.9. The van der Waals surface area contributed by atoms with E-state index in [1.54, 1.807) is 22.9 Å². The van der Waals surface area contributed by atoms with Gasteiger partial charge >= 0.3 is 0 Å². The Kier molecular flexibility index (Phi) is 5.40. The lowest BCUT2D eigenvalue weighted by molar-refractivity contribution is -0.113. The number of hydrogen-bond donors (Lipinski definition) is 2. The van der Waals surface area contributed by atoms with Crippen LogP contribution < -0.4 is 11.2 Å². The van der Waals surface area contributed by atoms with E-state index in [0.717, 1.165) is 23.1 Å². The van der Waals surface area contributed by atoms with E-state index < -0.39 is 0 Å². The second-order valence-corrected chi connectivity index (χ2v) is 7.24. The lowest BCUT2D eigenvalue weighted by Gasteiger charge is -2.07. The molecule has 0 saturated carbocycles. The fourth-order valence-corrected chi connectivity index (χ4v) is 3.24. The van der Waals surface area contributed by atoms with E-state index in [1.165, 1.54) is 4.68 Å². The van der Waals surface area contributed by atoms with Crippen molar-refractivity contribution in [3.63, 3.8) is 0 Å². The van der Waals surface area contributed by atoms with E-state index in [4.69, 9.17) is 29.0 Å². The van der Waals surface area contributed by atoms with Crippen molar-refractivity contribution in [3.05, 3.63) is 45.7 Å². The molecule has 0 unspecified atom stereocenters. The van der Waals surface area contributed by atoms with Gasteiger partial charge in [0.25, 0.3) is 5.95 Å². The number of halogens is 2. The number of nitrogens with one attached hydrogen (secondary N) is 1. The Labute approximate surface area is 163 Å². The molecule has 3 N–H and O–H groups in total. The zero-order chi connectivity index (χ0) is 18.8. The summed E-state index contributed by atoms with van der Waals surface area (Å²) in [4.78, 5) is 12.1. The van der Waals surface area contributed by atoms with Gasteiger partial charge in [-0.25, -0.2) is 9.36 Å². The molecule has 3 rings (SSSR count). The van der Waals surface area contributed by atoms with Crippen LogP contribution >= 0.6 is 35.0 Å². The molecule has 136 valence electrons. The van der Waals surface area contributed by atoms with Gasteiger partial charge in [0.05, 0.1) is 22.2 Å². The third-order valence-corrected chi connectivity index (χ3v) is 4.89. The molecule has 1 aromatic carbocycles. The molecule has 0 aliphatic rings. The Morgan fingerprint density at radius 3 is 2.73 bits per heavy atom. The third kappa shape index (κ3) is 3.95. The Morgan fingerprint density at radius 1 is 1.27 bits per heavy atom. The summed E-state index contributed by atoms with van der Waals surface area (Å²) in [5.41, 5.74) is 2.17. The maximum Gasteiger partial charge on any atom is 0.271 e. The number of carbonyl (C=O) groups excluding carboxylic acids is 1. The summed E-state index contributed by atoms with van der Waals surface area (Å²) in [6.07, 6.45) is 0. The minimum Gasteiger partial charge on any atom is -0.334 e. The molecule has 1 amide bonds. The lowest BCUT2D eigenvalue weighted by Crippen LogP contribution is -2.19. The number of aryl methyl sites for hydroxylation is 2. The highest BCUT2D eigenvalue weighted by molar-refractivity contribution is 7.99. The van der Waals surface area contributed by atoms with Crippen molar-refractivity contribution in [1.29, 1.82) is 0 Å². The van der Waals surface area contributed by atoms with Crippen LogP contribution in [0.25, 0.3) is 5.95 Å². The smallest absolute Gasteiger partial charge is 0.271 e. The molecule has 0 radical (unpaired) electrons. The predicted molar refractivity (Wildman–Crippen MR) is 103 cm³/mol. The number of rotatable bonds is 5. The molecule has 2 heterocycles. The van der Waals surface area contributed by atoms with Crippen molar-refractivity contribution in [2.75, 3.05) is 16.9 Å². The second kappa shape index (κ2) is 7.56. The van der Waals surface area contributed by atoms with Gasteiger partial charge in [0.15, 0.2) is 0 Å². The van der Waals surface area contributed by atoms with Gasteiger partial charge < -0.3 is 11.2 Å². The molecule has 8 nitrogen and oxygen atoms in total. The summed E-state index contributed by atoms with van der Waals surface area (Å²) in [7, 11) is 0.